The van der Waals surface area contributed by atoms with Gasteiger partial charge in [-0.05, 0) is 6.07 Å². The summed E-state index contributed by atoms with van der Waals surface area (Å²) in [5.74, 6) is 0. The van der Waals surface area contributed by atoms with Crippen LogP contribution >= 0.6 is 12.2 Å². The Hall–Kier alpha value is -0.740. The highest BCUT2D eigenvalue weighted by Crippen LogP contribution is 1.75. The smallest absolute Gasteiger partial charge is 0.193 e. The van der Waals surface area contributed by atoms with Crippen LogP contribution in [0.4, 0.5) is 0 Å². The van der Waals surface area contributed by atoms with Gasteiger partial charge in [-0.2, -0.15) is 5.10 Å². The van der Waals surface area contributed by atoms with Gasteiger partial charge in [-0.15, -0.1) is 4.68 Å². The summed E-state index contributed by atoms with van der Waals surface area (Å²) in [7, 11) is 1.90. The van der Waals surface area contributed by atoms with Crippen LogP contribution in [0.15, 0.2) is 18.3 Å². The van der Waals surface area contributed by atoms with E-state index in [0.717, 1.165) is 4.64 Å². The molecule has 0 aliphatic heterocycles. The first-order chi connectivity index (χ1) is 3.79. The Morgan fingerprint density at radius 1 is 1.67 bits per heavy atom. The zero-order valence-electron chi connectivity index (χ0n) is 5.03. The normalized spacial score (nSPS) is 8.11. The topological polar surface area (TPSA) is 49.7 Å². The molecule has 0 radical (unpaired) electrons. The predicted octanol–water partition coefficient (Wildman–Crippen LogP) is 0.392. The maximum Gasteiger partial charge on any atom is 0.193 e. The van der Waals surface area contributed by atoms with Crippen molar-refractivity contribution in [2.75, 3.05) is 0 Å². The van der Waals surface area contributed by atoms with Crippen LogP contribution in [-0.2, 0) is 7.05 Å². The summed E-state index contributed by atoms with van der Waals surface area (Å²) in [6, 6.07) is 3.74. The van der Waals surface area contributed by atoms with Gasteiger partial charge < -0.3 is 5.48 Å². The molecule has 3 nitrogen and oxygen atoms in total. The van der Waals surface area contributed by atoms with Crippen molar-refractivity contribution in [3.05, 3.63) is 23.0 Å². The number of nitrogens with zero attached hydrogens (tertiary/aromatic N) is 1. The van der Waals surface area contributed by atoms with Crippen molar-refractivity contribution in [2.24, 2.45) is 7.05 Å². The van der Waals surface area contributed by atoms with E-state index in [2.05, 4.69) is 5.10 Å². The van der Waals surface area contributed by atoms with Gasteiger partial charge in [-0.25, -0.2) is 0 Å². The van der Waals surface area contributed by atoms with Crippen LogP contribution in [0.2, 0.25) is 0 Å². The summed E-state index contributed by atoms with van der Waals surface area (Å²) in [4.78, 5) is 0. The molecule has 0 aliphatic carbocycles. The summed E-state index contributed by atoms with van der Waals surface area (Å²) in [5, 5.41) is 2.90. The number of rotatable bonds is 0. The lowest BCUT2D eigenvalue weighted by Crippen LogP contribution is -2.31. The van der Waals surface area contributed by atoms with Gasteiger partial charge in [-0.3, -0.25) is 0 Å². The first kappa shape index (κ1) is 8.26. The van der Waals surface area contributed by atoms with Crippen LogP contribution in [0.1, 0.15) is 0 Å². The molecular formula is C5H8N2OS. The van der Waals surface area contributed by atoms with Gasteiger partial charge in [0, 0.05) is 6.07 Å². The van der Waals surface area contributed by atoms with E-state index in [4.69, 9.17) is 12.2 Å². The van der Waals surface area contributed by atoms with Crippen LogP contribution in [0.5, 0.6) is 0 Å². The van der Waals surface area contributed by atoms with E-state index >= 15 is 0 Å². The van der Waals surface area contributed by atoms with Crippen LogP contribution in [0, 0.1) is 4.64 Å². The number of nitrogens with one attached hydrogen (secondary N) is 1. The molecule has 1 aromatic rings. The summed E-state index contributed by atoms with van der Waals surface area (Å²) >= 11 is 4.82. The Kier molecular flexibility index (Phi) is 3.05. The summed E-state index contributed by atoms with van der Waals surface area (Å²) < 4.78 is 2.57. The maximum absolute atomic E-state index is 4.82. The fraction of sp³-hybridized carbons (Fsp3) is 0.200. The first-order valence-electron chi connectivity index (χ1n) is 2.34. The average molecular weight is 144 g/mol. The number of hydrogen-bond donors (Lipinski definition) is 1. The molecule has 0 aromatic carbocycles. The van der Waals surface area contributed by atoms with Crippen molar-refractivity contribution in [1.29, 1.82) is 0 Å². The fourth-order valence-electron chi connectivity index (χ4n) is 0.508. The van der Waals surface area contributed by atoms with Crippen molar-refractivity contribution in [3.63, 3.8) is 0 Å². The van der Waals surface area contributed by atoms with E-state index in [-0.39, 0.29) is 5.48 Å². The van der Waals surface area contributed by atoms with E-state index < -0.39 is 0 Å². The molecule has 1 rings (SSSR count). The predicted molar refractivity (Wildman–Crippen MR) is 34.7 cm³/mol. The van der Waals surface area contributed by atoms with Crippen LogP contribution in [0.3, 0.4) is 0 Å². The van der Waals surface area contributed by atoms with Gasteiger partial charge in [0.15, 0.2) is 17.9 Å². The van der Waals surface area contributed by atoms with Crippen LogP contribution in [0.25, 0.3) is 0 Å². The Bertz CT molecular complexity index is 232. The van der Waals surface area contributed by atoms with Gasteiger partial charge in [0.05, 0.1) is 0 Å². The van der Waals surface area contributed by atoms with E-state index in [1.54, 1.807) is 0 Å². The lowest BCUT2D eigenvalue weighted by molar-refractivity contribution is -0.731. The van der Waals surface area contributed by atoms with Crippen molar-refractivity contribution in [1.82, 2.24) is 5.10 Å². The highest BCUT2D eigenvalue weighted by Gasteiger charge is 1.82. The second-order valence-electron chi connectivity index (χ2n) is 1.60. The van der Waals surface area contributed by atoms with Crippen LogP contribution < -0.4 is 4.68 Å². The molecule has 1 aromatic heterocycles. The molecule has 0 saturated carbocycles. The second-order valence-corrected chi connectivity index (χ2v) is 2.03. The number of aromatic nitrogens is 2. The minimum Gasteiger partial charge on any atom is -0.870 e. The molecule has 0 unspecified atom stereocenters. The molecule has 50 valence electrons. The molecule has 0 atom stereocenters. The SMILES string of the molecule is C[n+]1cccc(=S)[nH]1.[OH-]. The maximum atomic E-state index is 4.82. The zero-order valence-corrected chi connectivity index (χ0v) is 5.85. The molecule has 0 bridgehead atoms. The average Bonchev–Trinajstić information content (AvgIpc) is 1.64. The summed E-state index contributed by atoms with van der Waals surface area (Å²) in [5.41, 5.74) is 0. The molecule has 0 aliphatic rings. The summed E-state index contributed by atoms with van der Waals surface area (Å²) in [6.45, 7) is 0. The molecule has 2 N–H and O–H groups in total. The standard InChI is InChI=1S/C5H6N2S.H2O/c1-7-4-2-3-5(8)6-7;/h2-4H,1H3;1H2. The lowest BCUT2D eigenvalue weighted by atomic mass is 10.6. The molecule has 0 fully saturated rings. The monoisotopic (exact) mass is 144 g/mol. The quantitative estimate of drug-likeness (QED) is 0.423. The minimum atomic E-state index is 0. The third-order valence-electron chi connectivity index (χ3n) is 0.844. The van der Waals surface area contributed by atoms with Crippen molar-refractivity contribution >= 4 is 12.2 Å². The van der Waals surface area contributed by atoms with Gasteiger partial charge in [0.25, 0.3) is 0 Å². The Morgan fingerprint density at radius 2 is 2.33 bits per heavy atom. The van der Waals surface area contributed by atoms with E-state index in [9.17, 15) is 0 Å². The van der Waals surface area contributed by atoms with Crippen LogP contribution in [-0.4, -0.2) is 10.6 Å². The number of hydrogen-bond acceptors (Lipinski definition) is 2. The number of aryl methyl sites for hydroxylation is 1. The van der Waals surface area contributed by atoms with Gasteiger partial charge in [0.1, 0.15) is 0 Å². The number of aromatic amines is 1. The number of H-pyrrole nitrogens is 1. The van der Waals surface area contributed by atoms with Gasteiger partial charge in [-0.1, -0.05) is 12.2 Å². The third kappa shape index (κ3) is 2.34. The molecular weight excluding hydrogens is 136 g/mol. The lowest BCUT2D eigenvalue weighted by Gasteiger charge is -1.81. The van der Waals surface area contributed by atoms with E-state index in [1.165, 1.54) is 0 Å². The fourth-order valence-corrected chi connectivity index (χ4v) is 0.730. The molecule has 1 heterocycles. The zero-order chi connectivity index (χ0) is 5.98. The summed E-state index contributed by atoms with van der Waals surface area (Å²) in [6.07, 6.45) is 1.90. The highest BCUT2D eigenvalue weighted by molar-refractivity contribution is 7.71. The Balaban J connectivity index is 0.000000640. The van der Waals surface area contributed by atoms with Gasteiger partial charge in [0.2, 0.25) is 0 Å². The molecule has 9 heavy (non-hydrogen) atoms. The minimum absolute atomic E-state index is 0. The highest BCUT2D eigenvalue weighted by atomic mass is 32.1. The Labute approximate surface area is 58.3 Å². The molecule has 4 heteroatoms. The van der Waals surface area contributed by atoms with Crippen molar-refractivity contribution in [3.8, 4) is 0 Å². The molecule has 0 saturated heterocycles. The first-order valence-corrected chi connectivity index (χ1v) is 2.75. The van der Waals surface area contributed by atoms with Gasteiger partial charge >= 0.3 is 0 Å². The van der Waals surface area contributed by atoms with Crippen molar-refractivity contribution in [2.45, 2.75) is 0 Å². The third-order valence-corrected chi connectivity index (χ3v) is 1.07. The van der Waals surface area contributed by atoms with Crippen molar-refractivity contribution < 1.29 is 10.2 Å². The van der Waals surface area contributed by atoms with E-state index in [1.807, 2.05) is 30.1 Å². The largest absolute Gasteiger partial charge is 0.870 e. The molecule has 0 spiro atoms. The molecule has 0 amide bonds. The Morgan fingerprint density at radius 3 is 2.67 bits per heavy atom. The second kappa shape index (κ2) is 3.32. The van der Waals surface area contributed by atoms with E-state index in [0.29, 0.717) is 0 Å².